The number of amides is 2. The molecule has 2 rings (SSSR count). The summed E-state index contributed by atoms with van der Waals surface area (Å²) in [7, 11) is 0. The van der Waals surface area contributed by atoms with Gasteiger partial charge in [-0.3, -0.25) is 14.5 Å². The molecule has 1 aliphatic rings. The van der Waals surface area contributed by atoms with E-state index in [9.17, 15) is 9.59 Å². The van der Waals surface area contributed by atoms with Gasteiger partial charge in [0.25, 0.3) is 0 Å². The maximum atomic E-state index is 12.2. The molecule has 0 spiro atoms. The van der Waals surface area contributed by atoms with Crippen LogP contribution >= 0.6 is 15.9 Å². The molecule has 0 aromatic heterocycles. The van der Waals surface area contributed by atoms with Crippen LogP contribution in [-0.2, 0) is 9.59 Å². The van der Waals surface area contributed by atoms with Crippen molar-refractivity contribution in [3.63, 3.8) is 0 Å². The lowest BCUT2D eigenvalue weighted by atomic mass is 9.97. The smallest absolute Gasteiger partial charge is 0.247 e. The van der Waals surface area contributed by atoms with Gasteiger partial charge in [0, 0.05) is 10.2 Å². The van der Waals surface area contributed by atoms with E-state index in [-0.39, 0.29) is 24.3 Å². The van der Waals surface area contributed by atoms with Crippen LogP contribution in [-0.4, -0.2) is 24.4 Å². The molecule has 0 radical (unpaired) electrons. The lowest BCUT2D eigenvalue weighted by Gasteiger charge is -2.37. The molecule has 1 unspecified atom stereocenters. The van der Waals surface area contributed by atoms with Crippen molar-refractivity contribution in [2.24, 2.45) is 5.92 Å². The first-order chi connectivity index (χ1) is 8.91. The van der Waals surface area contributed by atoms with Crippen molar-refractivity contribution in [3.8, 4) is 0 Å². The Morgan fingerprint density at radius 1 is 1.37 bits per heavy atom. The zero-order chi connectivity index (χ0) is 14.2. The Morgan fingerprint density at radius 2 is 2.05 bits per heavy atom. The van der Waals surface area contributed by atoms with Gasteiger partial charge in [-0.2, -0.15) is 0 Å². The minimum atomic E-state index is -0.443. The second kappa shape index (κ2) is 5.33. The van der Waals surface area contributed by atoms with Crippen molar-refractivity contribution in [1.82, 2.24) is 5.32 Å². The molecule has 1 saturated heterocycles. The number of benzene rings is 1. The lowest BCUT2D eigenvalue weighted by Crippen LogP contribution is -2.60. The van der Waals surface area contributed by atoms with Crippen LogP contribution in [0.3, 0.4) is 0 Å². The highest BCUT2D eigenvalue weighted by Gasteiger charge is 2.37. The average Bonchev–Trinajstić information content (AvgIpc) is 2.32. The fraction of sp³-hybridized carbons (Fsp3) is 0.429. The molecule has 0 saturated carbocycles. The van der Waals surface area contributed by atoms with Crippen LogP contribution in [0.4, 0.5) is 5.69 Å². The average molecular weight is 325 g/mol. The Kier molecular flexibility index (Phi) is 3.94. The Labute approximate surface area is 121 Å². The molecule has 102 valence electrons. The molecule has 2 amide bonds. The molecule has 5 heteroatoms. The number of nitrogens with zero attached hydrogens (tertiary/aromatic N) is 1. The maximum Gasteiger partial charge on any atom is 0.247 e. The summed E-state index contributed by atoms with van der Waals surface area (Å²) < 4.78 is 0.962. The standard InChI is InChI=1S/C14H17BrN2O2/c1-8(2)13-14(19)16-7-12(18)17(13)11-5-4-10(15)6-9(11)3/h4-6,8,13H,7H2,1-3H3,(H,16,19). The van der Waals surface area contributed by atoms with Gasteiger partial charge in [-0.1, -0.05) is 29.8 Å². The summed E-state index contributed by atoms with van der Waals surface area (Å²) in [6, 6.07) is 5.28. The van der Waals surface area contributed by atoms with E-state index in [1.54, 1.807) is 4.90 Å². The Balaban J connectivity index is 2.48. The summed E-state index contributed by atoms with van der Waals surface area (Å²) in [6.45, 7) is 5.91. The van der Waals surface area contributed by atoms with Crippen LogP contribution in [0.25, 0.3) is 0 Å². The van der Waals surface area contributed by atoms with Crippen molar-refractivity contribution in [3.05, 3.63) is 28.2 Å². The van der Waals surface area contributed by atoms with Gasteiger partial charge in [-0.25, -0.2) is 0 Å². The third-order valence-corrected chi connectivity index (χ3v) is 3.77. The summed E-state index contributed by atoms with van der Waals surface area (Å²) in [6.07, 6.45) is 0. The molecule has 0 bridgehead atoms. The number of nitrogens with one attached hydrogen (secondary N) is 1. The number of halogens is 1. The first-order valence-corrected chi connectivity index (χ1v) is 7.07. The van der Waals surface area contributed by atoms with Gasteiger partial charge in [-0.05, 0) is 36.6 Å². The third kappa shape index (κ3) is 2.66. The van der Waals surface area contributed by atoms with Gasteiger partial charge < -0.3 is 5.32 Å². The van der Waals surface area contributed by atoms with E-state index < -0.39 is 6.04 Å². The first kappa shape index (κ1) is 14.1. The van der Waals surface area contributed by atoms with Gasteiger partial charge >= 0.3 is 0 Å². The molecule has 1 aromatic rings. The Morgan fingerprint density at radius 3 is 2.63 bits per heavy atom. The van der Waals surface area contributed by atoms with Gasteiger partial charge in [0.05, 0.1) is 6.54 Å². The van der Waals surface area contributed by atoms with Crippen molar-refractivity contribution >= 4 is 33.4 Å². The molecular weight excluding hydrogens is 308 g/mol. The number of hydrogen-bond acceptors (Lipinski definition) is 2. The van der Waals surface area contributed by atoms with Crippen molar-refractivity contribution in [1.29, 1.82) is 0 Å². The predicted molar refractivity (Wildman–Crippen MR) is 78.0 cm³/mol. The van der Waals surface area contributed by atoms with Crippen molar-refractivity contribution in [2.75, 3.05) is 11.4 Å². The molecular formula is C14H17BrN2O2. The minimum Gasteiger partial charge on any atom is -0.345 e. The highest BCUT2D eigenvalue weighted by molar-refractivity contribution is 9.10. The molecule has 1 aromatic carbocycles. The van der Waals surface area contributed by atoms with Crippen LogP contribution in [0.2, 0.25) is 0 Å². The van der Waals surface area contributed by atoms with Crippen LogP contribution in [0.5, 0.6) is 0 Å². The largest absolute Gasteiger partial charge is 0.345 e. The third-order valence-electron chi connectivity index (χ3n) is 3.28. The van der Waals surface area contributed by atoms with Crippen LogP contribution in [0.15, 0.2) is 22.7 Å². The first-order valence-electron chi connectivity index (χ1n) is 6.27. The Hall–Kier alpha value is -1.36. The zero-order valence-electron chi connectivity index (χ0n) is 11.2. The Bertz CT molecular complexity index is 528. The summed E-state index contributed by atoms with van der Waals surface area (Å²) in [4.78, 5) is 25.9. The number of anilines is 1. The monoisotopic (exact) mass is 324 g/mol. The number of aryl methyl sites for hydroxylation is 1. The molecule has 1 aliphatic heterocycles. The fourth-order valence-corrected chi connectivity index (χ4v) is 2.87. The van der Waals surface area contributed by atoms with Crippen molar-refractivity contribution in [2.45, 2.75) is 26.8 Å². The molecule has 4 nitrogen and oxygen atoms in total. The number of rotatable bonds is 2. The van der Waals surface area contributed by atoms with Gasteiger partial charge in [0.2, 0.25) is 11.8 Å². The van der Waals surface area contributed by atoms with Crippen LogP contribution in [0, 0.1) is 12.8 Å². The molecule has 1 atom stereocenters. The molecule has 1 fully saturated rings. The predicted octanol–water partition coefficient (Wildman–Crippen LogP) is 2.24. The van der Waals surface area contributed by atoms with Crippen LogP contribution < -0.4 is 10.2 Å². The van der Waals surface area contributed by atoms with E-state index in [0.717, 1.165) is 15.7 Å². The SMILES string of the molecule is Cc1cc(Br)ccc1N1C(=O)CNC(=O)C1C(C)C. The molecule has 1 heterocycles. The topological polar surface area (TPSA) is 49.4 Å². The van der Waals surface area contributed by atoms with Gasteiger partial charge in [0.15, 0.2) is 0 Å². The van der Waals surface area contributed by atoms with E-state index in [2.05, 4.69) is 21.2 Å². The summed E-state index contributed by atoms with van der Waals surface area (Å²) in [5, 5.41) is 2.65. The van der Waals surface area contributed by atoms with Crippen molar-refractivity contribution < 1.29 is 9.59 Å². The van der Waals surface area contributed by atoms with E-state index in [4.69, 9.17) is 0 Å². The maximum absolute atomic E-state index is 12.2. The van der Waals surface area contributed by atoms with Gasteiger partial charge in [-0.15, -0.1) is 0 Å². The molecule has 1 N–H and O–H groups in total. The highest BCUT2D eigenvalue weighted by Crippen LogP contribution is 2.29. The van der Waals surface area contributed by atoms with Crippen LogP contribution in [0.1, 0.15) is 19.4 Å². The minimum absolute atomic E-state index is 0.0623. The summed E-state index contributed by atoms with van der Waals surface area (Å²) in [5.74, 6) is -0.0899. The number of carbonyl (C=O) groups excluding carboxylic acids is 2. The number of piperazine rings is 1. The van der Waals surface area contributed by atoms with E-state index >= 15 is 0 Å². The highest BCUT2D eigenvalue weighted by atomic mass is 79.9. The lowest BCUT2D eigenvalue weighted by molar-refractivity contribution is -0.131. The number of hydrogen-bond donors (Lipinski definition) is 1. The molecule has 19 heavy (non-hydrogen) atoms. The second-order valence-electron chi connectivity index (χ2n) is 5.10. The van der Waals surface area contributed by atoms with E-state index in [1.165, 1.54) is 0 Å². The summed E-state index contributed by atoms with van der Waals surface area (Å²) >= 11 is 3.41. The quantitative estimate of drug-likeness (QED) is 0.907. The second-order valence-corrected chi connectivity index (χ2v) is 6.02. The fourth-order valence-electron chi connectivity index (χ4n) is 2.40. The normalized spacial score (nSPS) is 19.8. The van der Waals surface area contributed by atoms with E-state index in [1.807, 2.05) is 39.0 Å². The van der Waals surface area contributed by atoms with Gasteiger partial charge in [0.1, 0.15) is 6.04 Å². The number of carbonyl (C=O) groups is 2. The van der Waals surface area contributed by atoms with E-state index in [0.29, 0.717) is 0 Å². The molecule has 0 aliphatic carbocycles. The summed E-state index contributed by atoms with van der Waals surface area (Å²) in [5.41, 5.74) is 1.78. The zero-order valence-corrected chi connectivity index (χ0v) is 12.8.